The van der Waals surface area contributed by atoms with E-state index >= 15 is 0 Å². The Kier molecular flexibility index (Phi) is 6.88. The lowest BCUT2D eigenvalue weighted by Gasteiger charge is -2.19. The Hall–Kier alpha value is -3.43. The predicted octanol–water partition coefficient (Wildman–Crippen LogP) is 3.36. The number of carbonyl (C=O) groups is 2. The van der Waals surface area contributed by atoms with Crippen LogP contribution in [0.25, 0.3) is 0 Å². The number of aromatic nitrogens is 1. The van der Waals surface area contributed by atoms with Gasteiger partial charge in [0.2, 0.25) is 0 Å². The molecule has 2 aromatic carbocycles. The highest BCUT2D eigenvalue weighted by Crippen LogP contribution is 2.22. The van der Waals surface area contributed by atoms with Crippen molar-refractivity contribution in [3.8, 4) is 0 Å². The summed E-state index contributed by atoms with van der Waals surface area (Å²) in [5, 5.41) is 2.87. The summed E-state index contributed by atoms with van der Waals surface area (Å²) in [6, 6.07) is 17.0. The SMILES string of the molecule is CN(c1ccccc1)S(=O)(=O)c1cccc(C(=O)OCC(=O)Nc2ccc(Cl)cn2)c1. The molecule has 0 unspecified atom stereocenters. The Balaban J connectivity index is 1.67. The number of nitrogens with zero attached hydrogens (tertiary/aromatic N) is 2. The van der Waals surface area contributed by atoms with Crippen molar-refractivity contribution in [3.63, 3.8) is 0 Å². The second-order valence-electron chi connectivity index (χ2n) is 6.32. The van der Waals surface area contributed by atoms with E-state index in [4.69, 9.17) is 16.3 Å². The molecule has 0 saturated heterocycles. The van der Waals surface area contributed by atoms with Crippen molar-refractivity contribution >= 4 is 45.0 Å². The first-order chi connectivity index (χ1) is 14.8. The highest BCUT2D eigenvalue weighted by Gasteiger charge is 2.23. The molecule has 0 aliphatic heterocycles. The topological polar surface area (TPSA) is 106 Å². The van der Waals surface area contributed by atoms with E-state index in [-0.39, 0.29) is 16.3 Å². The van der Waals surface area contributed by atoms with Crippen molar-refractivity contribution in [1.29, 1.82) is 0 Å². The highest BCUT2D eigenvalue weighted by molar-refractivity contribution is 7.92. The van der Waals surface area contributed by atoms with E-state index < -0.39 is 28.5 Å². The second kappa shape index (κ2) is 9.59. The number of benzene rings is 2. The maximum absolute atomic E-state index is 12.9. The minimum atomic E-state index is -3.90. The zero-order valence-corrected chi connectivity index (χ0v) is 17.9. The van der Waals surface area contributed by atoms with Crippen molar-refractivity contribution in [2.45, 2.75) is 4.90 Å². The number of carbonyl (C=O) groups excluding carboxylic acids is 2. The first kappa shape index (κ1) is 22.3. The molecule has 0 saturated carbocycles. The van der Waals surface area contributed by atoms with Crippen molar-refractivity contribution < 1.29 is 22.7 Å². The summed E-state index contributed by atoms with van der Waals surface area (Å²) in [6.07, 6.45) is 1.36. The molecule has 0 bridgehead atoms. The van der Waals surface area contributed by atoms with Crippen LogP contribution in [-0.4, -0.2) is 38.9 Å². The normalized spacial score (nSPS) is 10.9. The molecule has 160 valence electrons. The fourth-order valence-electron chi connectivity index (χ4n) is 2.56. The first-order valence-electron chi connectivity index (χ1n) is 9.00. The Bertz CT molecular complexity index is 1190. The van der Waals surface area contributed by atoms with E-state index in [1.807, 2.05) is 0 Å². The van der Waals surface area contributed by atoms with Gasteiger partial charge >= 0.3 is 5.97 Å². The largest absolute Gasteiger partial charge is 0.452 e. The number of para-hydroxylation sites is 1. The number of amides is 1. The van der Waals surface area contributed by atoms with Crippen LogP contribution in [0.3, 0.4) is 0 Å². The van der Waals surface area contributed by atoms with Gasteiger partial charge in [0, 0.05) is 13.2 Å². The average molecular weight is 460 g/mol. The Morgan fingerprint density at radius 1 is 1.06 bits per heavy atom. The number of hydrogen-bond donors (Lipinski definition) is 1. The zero-order chi connectivity index (χ0) is 22.4. The van der Waals surface area contributed by atoms with Gasteiger partial charge in [-0.25, -0.2) is 18.2 Å². The molecule has 8 nitrogen and oxygen atoms in total. The lowest BCUT2D eigenvalue weighted by molar-refractivity contribution is -0.119. The number of esters is 1. The van der Waals surface area contributed by atoms with Gasteiger partial charge in [-0.1, -0.05) is 35.9 Å². The van der Waals surface area contributed by atoms with Gasteiger partial charge in [0.1, 0.15) is 5.82 Å². The molecule has 0 aliphatic rings. The molecule has 10 heteroatoms. The Morgan fingerprint density at radius 3 is 2.48 bits per heavy atom. The molecule has 1 heterocycles. The molecule has 0 radical (unpaired) electrons. The molecule has 3 rings (SSSR count). The third kappa shape index (κ3) is 5.59. The maximum atomic E-state index is 12.9. The summed E-state index contributed by atoms with van der Waals surface area (Å²) in [7, 11) is -2.47. The van der Waals surface area contributed by atoms with E-state index in [9.17, 15) is 18.0 Å². The van der Waals surface area contributed by atoms with E-state index in [2.05, 4.69) is 10.3 Å². The number of halogens is 1. The predicted molar refractivity (Wildman–Crippen MR) is 117 cm³/mol. The second-order valence-corrected chi connectivity index (χ2v) is 8.73. The van der Waals surface area contributed by atoms with E-state index in [0.717, 1.165) is 4.31 Å². The van der Waals surface area contributed by atoms with Gasteiger partial charge in [-0.3, -0.25) is 9.10 Å². The summed E-state index contributed by atoms with van der Waals surface area (Å²) >= 11 is 5.73. The third-order valence-electron chi connectivity index (χ3n) is 4.18. The van der Waals surface area contributed by atoms with Crippen LogP contribution in [0.15, 0.2) is 77.8 Å². The average Bonchev–Trinajstić information content (AvgIpc) is 2.79. The number of ether oxygens (including phenoxy) is 1. The van der Waals surface area contributed by atoms with Gasteiger partial charge in [-0.05, 0) is 42.5 Å². The fraction of sp³-hybridized carbons (Fsp3) is 0.0952. The molecule has 0 atom stereocenters. The third-order valence-corrected chi connectivity index (χ3v) is 6.18. The number of anilines is 2. The smallest absolute Gasteiger partial charge is 0.338 e. The molecule has 1 N–H and O–H groups in total. The molecule has 1 amide bonds. The number of pyridine rings is 1. The van der Waals surface area contributed by atoms with Crippen LogP contribution in [-0.2, 0) is 19.6 Å². The van der Waals surface area contributed by atoms with Crippen LogP contribution in [0.2, 0.25) is 5.02 Å². The molecule has 3 aromatic rings. The Labute approximate surface area is 184 Å². The number of nitrogens with one attached hydrogen (secondary N) is 1. The summed E-state index contributed by atoms with van der Waals surface area (Å²) < 4.78 is 31.9. The monoisotopic (exact) mass is 459 g/mol. The van der Waals surface area contributed by atoms with Crippen LogP contribution in [0.4, 0.5) is 11.5 Å². The van der Waals surface area contributed by atoms with Gasteiger partial charge in [0.25, 0.3) is 15.9 Å². The van der Waals surface area contributed by atoms with Crippen molar-refractivity contribution in [1.82, 2.24) is 4.98 Å². The maximum Gasteiger partial charge on any atom is 0.338 e. The van der Waals surface area contributed by atoms with Crippen LogP contribution < -0.4 is 9.62 Å². The lowest BCUT2D eigenvalue weighted by atomic mass is 10.2. The van der Waals surface area contributed by atoms with Gasteiger partial charge in [0.15, 0.2) is 6.61 Å². The molecule has 1 aromatic heterocycles. The fourth-order valence-corrected chi connectivity index (χ4v) is 3.92. The molecule has 0 spiro atoms. The lowest BCUT2D eigenvalue weighted by Crippen LogP contribution is -2.26. The molecule has 31 heavy (non-hydrogen) atoms. The number of sulfonamides is 1. The minimum absolute atomic E-state index is 0.0000420. The number of hydrogen-bond acceptors (Lipinski definition) is 6. The van der Waals surface area contributed by atoms with E-state index in [0.29, 0.717) is 10.7 Å². The van der Waals surface area contributed by atoms with Crippen LogP contribution in [0.5, 0.6) is 0 Å². The van der Waals surface area contributed by atoms with Crippen molar-refractivity contribution in [3.05, 3.63) is 83.5 Å². The summed E-state index contributed by atoms with van der Waals surface area (Å²) in [5.41, 5.74) is 0.475. The molecule has 0 aliphatic carbocycles. The number of rotatable bonds is 7. The Morgan fingerprint density at radius 2 is 1.81 bits per heavy atom. The van der Waals surface area contributed by atoms with Crippen LogP contribution in [0, 0.1) is 0 Å². The minimum Gasteiger partial charge on any atom is -0.452 e. The quantitative estimate of drug-likeness (QED) is 0.543. The summed E-state index contributed by atoms with van der Waals surface area (Å²) in [4.78, 5) is 28.1. The van der Waals surface area contributed by atoms with Crippen LogP contribution in [0.1, 0.15) is 10.4 Å². The molecular weight excluding hydrogens is 442 g/mol. The van der Waals surface area contributed by atoms with Crippen molar-refractivity contribution in [2.75, 3.05) is 23.3 Å². The van der Waals surface area contributed by atoms with Crippen LogP contribution >= 0.6 is 11.6 Å². The van der Waals surface area contributed by atoms with Gasteiger partial charge < -0.3 is 10.1 Å². The molecule has 0 fully saturated rings. The van der Waals surface area contributed by atoms with E-state index in [1.165, 1.54) is 43.6 Å². The molecular formula is C21H18ClN3O5S. The van der Waals surface area contributed by atoms with Gasteiger partial charge in [-0.15, -0.1) is 0 Å². The van der Waals surface area contributed by atoms with Crippen molar-refractivity contribution in [2.24, 2.45) is 0 Å². The highest BCUT2D eigenvalue weighted by atomic mass is 35.5. The summed E-state index contributed by atoms with van der Waals surface area (Å²) in [5.74, 6) is -1.18. The summed E-state index contributed by atoms with van der Waals surface area (Å²) in [6.45, 7) is -0.565. The van der Waals surface area contributed by atoms with Gasteiger partial charge in [-0.2, -0.15) is 0 Å². The first-order valence-corrected chi connectivity index (χ1v) is 10.8. The van der Waals surface area contributed by atoms with Gasteiger partial charge in [0.05, 0.1) is 21.2 Å². The van der Waals surface area contributed by atoms with E-state index in [1.54, 1.807) is 36.4 Å². The standard InChI is InChI=1S/C21H18ClN3O5S/c1-25(17-7-3-2-4-8-17)31(28,29)18-9-5-6-15(12-18)21(27)30-14-20(26)24-19-11-10-16(22)13-23-19/h2-13H,14H2,1H3,(H,23,24,26). The zero-order valence-electron chi connectivity index (χ0n) is 16.4.